The third-order valence-electron chi connectivity index (χ3n) is 4.50. The molecule has 0 saturated heterocycles. The summed E-state index contributed by atoms with van der Waals surface area (Å²) < 4.78 is 18.8. The van der Waals surface area contributed by atoms with Gasteiger partial charge in [0.05, 0.1) is 44.5 Å². The Morgan fingerprint density at radius 3 is 2.24 bits per heavy atom. The number of rotatable bonds is 7. The van der Waals surface area contributed by atoms with Crippen molar-refractivity contribution in [3.63, 3.8) is 0 Å². The van der Waals surface area contributed by atoms with Gasteiger partial charge in [-0.15, -0.1) is 0 Å². The molecule has 0 atom stereocenters. The Labute approximate surface area is 177 Å². The number of nitrogens with one attached hydrogen (secondary N) is 1. The number of amides is 1. The molecule has 0 spiro atoms. The van der Waals surface area contributed by atoms with E-state index in [0.29, 0.717) is 29.4 Å². The fourth-order valence-electron chi connectivity index (χ4n) is 2.99. The summed E-state index contributed by atoms with van der Waals surface area (Å²) in [5.41, 5.74) is 2.98. The summed E-state index contributed by atoms with van der Waals surface area (Å²) in [6, 6.07) is 11.3. The largest absolute Gasteiger partial charge is 0.493 e. The van der Waals surface area contributed by atoms with Crippen LogP contribution in [0, 0.1) is 6.92 Å². The number of carbonyl (C=O) groups is 1. The molecule has 3 rings (SSSR count). The predicted octanol–water partition coefficient (Wildman–Crippen LogP) is 3.90. The van der Waals surface area contributed by atoms with Crippen LogP contribution < -0.4 is 19.5 Å². The number of carbonyl (C=O) groups excluding carboxylic acids is 1. The van der Waals surface area contributed by atoms with Gasteiger partial charge < -0.3 is 19.5 Å². The molecule has 0 aliphatic rings. The third-order valence-corrected chi connectivity index (χ3v) is 5.03. The summed E-state index contributed by atoms with van der Waals surface area (Å²) in [6.45, 7) is 2.17. The second-order valence-corrected chi connectivity index (χ2v) is 7.16. The van der Waals surface area contributed by atoms with E-state index in [1.54, 1.807) is 44.3 Å². The highest BCUT2D eigenvalue weighted by atomic mass is 79.9. The highest BCUT2D eigenvalue weighted by molar-refractivity contribution is 9.10. The molecule has 0 saturated carbocycles. The van der Waals surface area contributed by atoms with Gasteiger partial charge in [0.15, 0.2) is 11.5 Å². The van der Waals surface area contributed by atoms with Crippen molar-refractivity contribution in [2.24, 2.45) is 0 Å². The highest BCUT2D eigenvalue weighted by Crippen LogP contribution is 2.38. The van der Waals surface area contributed by atoms with Crippen molar-refractivity contribution in [3.8, 4) is 22.9 Å². The molecule has 1 heterocycles. The minimum absolute atomic E-state index is 0.209. The van der Waals surface area contributed by atoms with Gasteiger partial charge in [-0.2, -0.15) is 5.10 Å². The lowest BCUT2D eigenvalue weighted by atomic mass is 10.1. The average molecular weight is 460 g/mol. The molecule has 2 aromatic carbocycles. The van der Waals surface area contributed by atoms with Crippen molar-refractivity contribution in [1.29, 1.82) is 0 Å². The minimum atomic E-state index is -0.209. The zero-order valence-electron chi connectivity index (χ0n) is 16.7. The molecule has 29 heavy (non-hydrogen) atoms. The smallest absolute Gasteiger partial charge is 0.255 e. The van der Waals surface area contributed by atoms with Gasteiger partial charge in [0.1, 0.15) is 0 Å². The van der Waals surface area contributed by atoms with E-state index >= 15 is 0 Å². The van der Waals surface area contributed by atoms with E-state index in [4.69, 9.17) is 14.2 Å². The van der Waals surface area contributed by atoms with Gasteiger partial charge in [0.25, 0.3) is 5.91 Å². The zero-order chi connectivity index (χ0) is 21.0. The molecule has 0 radical (unpaired) electrons. The molecule has 0 aliphatic carbocycles. The van der Waals surface area contributed by atoms with Crippen LogP contribution in [-0.2, 0) is 6.54 Å². The summed E-state index contributed by atoms with van der Waals surface area (Å²) >= 11 is 3.42. The van der Waals surface area contributed by atoms with Gasteiger partial charge in [0, 0.05) is 11.0 Å². The average Bonchev–Trinajstić information content (AvgIpc) is 3.13. The fourth-order valence-corrected chi connectivity index (χ4v) is 3.25. The van der Waals surface area contributed by atoms with E-state index in [9.17, 15) is 4.79 Å². The molecule has 1 aromatic heterocycles. The van der Waals surface area contributed by atoms with Crippen molar-refractivity contribution in [2.45, 2.75) is 13.5 Å². The molecule has 8 heteroatoms. The second-order valence-electron chi connectivity index (χ2n) is 6.25. The molecular formula is C21H22BrN3O4. The van der Waals surface area contributed by atoms with Crippen molar-refractivity contribution in [3.05, 3.63) is 63.9 Å². The molecule has 1 amide bonds. The van der Waals surface area contributed by atoms with Crippen molar-refractivity contribution in [1.82, 2.24) is 15.1 Å². The van der Waals surface area contributed by atoms with Gasteiger partial charge >= 0.3 is 0 Å². The van der Waals surface area contributed by atoms with Crippen molar-refractivity contribution >= 4 is 21.8 Å². The number of aromatic nitrogens is 2. The number of benzene rings is 2. The maximum atomic E-state index is 12.7. The molecule has 152 valence electrons. The maximum absolute atomic E-state index is 12.7. The molecule has 7 nitrogen and oxygen atoms in total. The van der Waals surface area contributed by atoms with Gasteiger partial charge in [-0.05, 0) is 48.9 Å². The van der Waals surface area contributed by atoms with Crippen LogP contribution in [0.1, 0.15) is 21.6 Å². The van der Waals surface area contributed by atoms with Crippen LogP contribution in [-0.4, -0.2) is 37.0 Å². The Hall–Kier alpha value is -3.00. The maximum Gasteiger partial charge on any atom is 0.255 e. The molecular weight excluding hydrogens is 438 g/mol. The van der Waals surface area contributed by atoms with Gasteiger partial charge in [-0.25, -0.2) is 4.68 Å². The molecule has 0 fully saturated rings. The highest BCUT2D eigenvalue weighted by Gasteiger charge is 2.17. The summed E-state index contributed by atoms with van der Waals surface area (Å²) in [5.74, 6) is 1.38. The number of methoxy groups -OCH3 is 3. The lowest BCUT2D eigenvalue weighted by Gasteiger charge is -2.14. The standard InChI is InChI=1S/C21H22BrN3O4/c1-13-17(12-24-25(13)16-7-5-15(22)6-8-16)21(26)23-11-14-9-18(27-2)20(29-4)19(10-14)28-3/h5-10,12H,11H2,1-4H3,(H,23,26). The van der Waals surface area contributed by atoms with Crippen LogP contribution in [0.25, 0.3) is 5.69 Å². The Morgan fingerprint density at radius 1 is 1.07 bits per heavy atom. The first-order valence-corrected chi connectivity index (χ1v) is 9.65. The van der Waals surface area contributed by atoms with Crippen molar-refractivity contribution < 1.29 is 19.0 Å². The van der Waals surface area contributed by atoms with Crippen LogP contribution in [0.5, 0.6) is 17.2 Å². The van der Waals surface area contributed by atoms with E-state index in [0.717, 1.165) is 21.4 Å². The van der Waals surface area contributed by atoms with Crippen LogP contribution in [0.3, 0.4) is 0 Å². The van der Waals surface area contributed by atoms with E-state index in [2.05, 4.69) is 26.3 Å². The zero-order valence-corrected chi connectivity index (χ0v) is 18.2. The summed E-state index contributed by atoms with van der Waals surface area (Å²) in [6.07, 6.45) is 1.57. The number of hydrogen-bond donors (Lipinski definition) is 1. The molecule has 3 aromatic rings. The molecule has 0 bridgehead atoms. The summed E-state index contributed by atoms with van der Waals surface area (Å²) in [5, 5.41) is 7.27. The van der Waals surface area contributed by atoms with Crippen LogP contribution in [0.4, 0.5) is 0 Å². The van der Waals surface area contributed by atoms with Gasteiger partial charge in [0.2, 0.25) is 5.75 Å². The summed E-state index contributed by atoms with van der Waals surface area (Å²) in [4.78, 5) is 12.7. The quantitative estimate of drug-likeness (QED) is 0.579. The van der Waals surface area contributed by atoms with E-state index in [1.165, 1.54) is 0 Å². The number of hydrogen-bond acceptors (Lipinski definition) is 5. The van der Waals surface area contributed by atoms with Crippen LogP contribution in [0.2, 0.25) is 0 Å². The van der Waals surface area contributed by atoms with Gasteiger partial charge in [-0.1, -0.05) is 15.9 Å². The van der Waals surface area contributed by atoms with E-state index in [1.807, 2.05) is 31.2 Å². The first-order valence-electron chi connectivity index (χ1n) is 8.86. The molecule has 1 N–H and O–H groups in total. The molecule has 0 aliphatic heterocycles. The Kier molecular flexibility index (Phi) is 6.43. The Bertz CT molecular complexity index is 990. The van der Waals surface area contributed by atoms with Crippen molar-refractivity contribution in [2.75, 3.05) is 21.3 Å². The molecule has 0 unspecified atom stereocenters. The number of halogens is 1. The van der Waals surface area contributed by atoms with E-state index in [-0.39, 0.29) is 5.91 Å². The second kappa shape index (κ2) is 9.00. The third kappa shape index (κ3) is 4.37. The first-order chi connectivity index (χ1) is 14.0. The lowest BCUT2D eigenvalue weighted by Crippen LogP contribution is -2.23. The minimum Gasteiger partial charge on any atom is -0.493 e. The first kappa shape index (κ1) is 20.7. The Morgan fingerprint density at radius 2 is 1.69 bits per heavy atom. The summed E-state index contributed by atoms with van der Waals surface area (Å²) in [7, 11) is 4.66. The number of ether oxygens (including phenoxy) is 3. The fraction of sp³-hybridized carbons (Fsp3) is 0.238. The predicted molar refractivity (Wildman–Crippen MR) is 113 cm³/mol. The van der Waals surface area contributed by atoms with Crippen LogP contribution >= 0.6 is 15.9 Å². The van der Waals surface area contributed by atoms with Gasteiger partial charge in [-0.3, -0.25) is 4.79 Å². The Balaban J connectivity index is 1.77. The SMILES string of the molecule is COc1cc(CNC(=O)c2cnn(-c3ccc(Br)cc3)c2C)cc(OC)c1OC. The van der Waals surface area contributed by atoms with E-state index < -0.39 is 0 Å². The lowest BCUT2D eigenvalue weighted by molar-refractivity contribution is 0.0950. The van der Waals surface area contributed by atoms with Crippen LogP contribution in [0.15, 0.2) is 47.1 Å². The normalized spacial score (nSPS) is 10.5. The number of nitrogens with zero attached hydrogens (tertiary/aromatic N) is 2. The topological polar surface area (TPSA) is 74.6 Å². The monoisotopic (exact) mass is 459 g/mol.